The van der Waals surface area contributed by atoms with Crippen LogP contribution in [0, 0.1) is 17.3 Å². The standard InChI is InChI=1S/C50H52F2N7O10PS2/c1-49(2,3)43(55-45(63)40-25-30-24-31(14-17-38(30)72-40)50(51,52)70(67,68)69)48(66)58-22-9-13-37(58)47(65)57(32-15-18-39-35(26-32)53-28-71-39)23-20-42(61)56(4)21-7-5-6-10-29-11-8-12-33-34(29)27-59(46(33)64)36-16-19-41(60)54-44(36)62/h8,11-12,14-15,17-18,24-26,28,36-37,43H,5,7,9,13,16,19-23,27H2,1-4H3,(H,55,63)(H,54,60,62)(H2,67,68,69). The maximum atomic E-state index is 14.8. The number of alkyl halides is 2. The fraction of sp³-hybridized carbons (Fsp3) is 0.400. The molecule has 4 N–H and O–H groups in total. The number of amides is 7. The highest BCUT2D eigenvalue weighted by atomic mass is 32.1. The van der Waals surface area contributed by atoms with Crippen molar-refractivity contribution in [1.29, 1.82) is 0 Å². The molecule has 0 radical (unpaired) electrons. The summed E-state index contributed by atoms with van der Waals surface area (Å²) in [4.78, 5) is 123. The molecule has 5 heterocycles. The van der Waals surface area contributed by atoms with Crippen LogP contribution in [0.4, 0.5) is 14.5 Å². The van der Waals surface area contributed by atoms with Gasteiger partial charge in [-0.2, -0.15) is 8.78 Å². The van der Waals surface area contributed by atoms with Gasteiger partial charge in [-0.3, -0.25) is 43.4 Å². The predicted molar refractivity (Wildman–Crippen MR) is 266 cm³/mol. The number of thiophene rings is 1. The summed E-state index contributed by atoms with van der Waals surface area (Å²) in [5.41, 5.74) is -1.55. The lowest BCUT2D eigenvalue weighted by Gasteiger charge is -2.36. The zero-order chi connectivity index (χ0) is 51.9. The minimum Gasteiger partial charge on any atom is -0.346 e. The average Bonchev–Trinajstić information content (AvgIpc) is 4.16. The molecule has 7 amide bonds. The Morgan fingerprint density at radius 2 is 1.78 bits per heavy atom. The van der Waals surface area contributed by atoms with Crippen LogP contribution in [0.25, 0.3) is 20.3 Å². The van der Waals surface area contributed by atoms with E-state index in [1.165, 1.54) is 38.2 Å². The Morgan fingerprint density at radius 1 is 1.01 bits per heavy atom. The summed E-state index contributed by atoms with van der Waals surface area (Å²) in [6.45, 7) is 6.03. The summed E-state index contributed by atoms with van der Waals surface area (Å²) >= 11 is 2.39. The van der Waals surface area contributed by atoms with Crippen molar-refractivity contribution in [2.45, 2.75) is 96.1 Å². The smallest absolute Gasteiger partial charge is 0.346 e. The number of piperidine rings is 1. The summed E-state index contributed by atoms with van der Waals surface area (Å²) in [5, 5.41) is 5.28. The first kappa shape index (κ1) is 51.9. The lowest BCUT2D eigenvalue weighted by Crippen LogP contribution is -2.58. The van der Waals surface area contributed by atoms with Gasteiger partial charge in [0.2, 0.25) is 29.5 Å². The first-order valence-electron chi connectivity index (χ1n) is 23.3. The number of nitrogens with one attached hydrogen (secondary N) is 2. The van der Waals surface area contributed by atoms with E-state index in [1.807, 2.05) is 12.1 Å². The van der Waals surface area contributed by atoms with Crippen molar-refractivity contribution in [1.82, 2.24) is 30.3 Å². The van der Waals surface area contributed by atoms with Gasteiger partial charge in [-0.05, 0) is 90.6 Å². The maximum Gasteiger partial charge on any atom is 0.399 e. The fourth-order valence-electron chi connectivity index (χ4n) is 9.16. The Kier molecular flexibility index (Phi) is 14.8. The van der Waals surface area contributed by atoms with E-state index in [4.69, 9.17) is 0 Å². The summed E-state index contributed by atoms with van der Waals surface area (Å²) in [6.07, 6.45) is 2.12. The number of carbonyl (C=O) groups excluding carboxylic acids is 7. The molecule has 5 aromatic rings. The molecule has 3 aromatic carbocycles. The number of benzene rings is 3. The second-order valence-electron chi connectivity index (χ2n) is 19.1. The van der Waals surface area contributed by atoms with Crippen molar-refractivity contribution in [3.05, 3.63) is 93.3 Å². The Bertz CT molecular complexity index is 3140. The van der Waals surface area contributed by atoms with Crippen LogP contribution >= 0.6 is 30.3 Å². The summed E-state index contributed by atoms with van der Waals surface area (Å²) < 4.78 is 41.9. The van der Waals surface area contributed by atoms with Gasteiger partial charge in [0.1, 0.15) is 18.1 Å². The number of nitrogens with zero attached hydrogens (tertiary/aromatic N) is 5. The highest BCUT2D eigenvalue weighted by Gasteiger charge is 2.50. The number of fused-ring (bicyclic) bond motifs is 3. The third-order valence-corrected chi connectivity index (χ3v) is 16.0. The van der Waals surface area contributed by atoms with Gasteiger partial charge in [0.15, 0.2) is 0 Å². The largest absolute Gasteiger partial charge is 0.399 e. The van der Waals surface area contributed by atoms with E-state index in [1.54, 1.807) is 62.5 Å². The van der Waals surface area contributed by atoms with Gasteiger partial charge in [-0.25, -0.2) is 4.98 Å². The fourth-order valence-corrected chi connectivity index (χ4v) is 11.2. The van der Waals surface area contributed by atoms with Crippen molar-refractivity contribution in [3.8, 4) is 11.8 Å². The number of halogens is 2. The van der Waals surface area contributed by atoms with Crippen molar-refractivity contribution in [3.63, 3.8) is 0 Å². The van der Waals surface area contributed by atoms with Crippen LogP contribution in [0.2, 0.25) is 0 Å². The van der Waals surface area contributed by atoms with Gasteiger partial charge in [0, 0.05) is 79.6 Å². The zero-order valence-electron chi connectivity index (χ0n) is 39.8. The molecule has 3 unspecified atom stereocenters. The monoisotopic (exact) mass is 1040 g/mol. The predicted octanol–water partition coefficient (Wildman–Crippen LogP) is 6.35. The number of thiazole rings is 1. The molecule has 2 fully saturated rings. The summed E-state index contributed by atoms with van der Waals surface area (Å²) in [5.74, 6) is 3.32. The molecule has 2 saturated heterocycles. The number of imide groups is 1. The summed E-state index contributed by atoms with van der Waals surface area (Å²) in [7, 11) is -4.17. The lowest BCUT2D eigenvalue weighted by atomic mass is 9.85. The van der Waals surface area contributed by atoms with Gasteiger partial charge in [0.05, 0.1) is 20.6 Å². The van der Waals surface area contributed by atoms with E-state index in [9.17, 15) is 56.7 Å². The van der Waals surface area contributed by atoms with Gasteiger partial charge >= 0.3 is 13.3 Å². The van der Waals surface area contributed by atoms with Gasteiger partial charge < -0.3 is 34.7 Å². The molecule has 72 heavy (non-hydrogen) atoms. The molecular formula is C50H52F2N7O10PS2. The number of anilines is 1. The molecule has 3 aliphatic rings. The topological polar surface area (TPSA) is 227 Å². The number of likely N-dealkylation sites (tertiary alicyclic amines) is 1. The van der Waals surface area contributed by atoms with E-state index < -0.39 is 66.0 Å². The van der Waals surface area contributed by atoms with Crippen LogP contribution < -0.4 is 15.5 Å². The molecule has 8 rings (SSSR count). The highest BCUT2D eigenvalue weighted by Crippen LogP contribution is 2.59. The van der Waals surface area contributed by atoms with Gasteiger partial charge in [0.25, 0.3) is 11.8 Å². The van der Waals surface area contributed by atoms with Gasteiger partial charge in [-0.15, -0.1) is 22.7 Å². The molecule has 17 nitrogen and oxygen atoms in total. The average molecular weight is 1040 g/mol. The van der Waals surface area contributed by atoms with Crippen LogP contribution in [-0.4, -0.2) is 116 Å². The van der Waals surface area contributed by atoms with Crippen molar-refractivity contribution in [2.75, 3.05) is 31.6 Å². The van der Waals surface area contributed by atoms with E-state index in [2.05, 4.69) is 27.5 Å². The molecule has 3 atom stereocenters. The third kappa shape index (κ3) is 10.7. The third-order valence-electron chi connectivity index (χ3n) is 13.1. The molecule has 3 aliphatic heterocycles. The van der Waals surface area contributed by atoms with E-state index in [-0.39, 0.29) is 66.9 Å². The van der Waals surface area contributed by atoms with Crippen molar-refractivity contribution >= 4 is 97.6 Å². The first-order chi connectivity index (χ1) is 34.0. The molecule has 22 heteroatoms. The van der Waals surface area contributed by atoms with Crippen molar-refractivity contribution in [2.24, 2.45) is 5.41 Å². The van der Waals surface area contributed by atoms with Crippen LogP contribution in [0.15, 0.2) is 66.2 Å². The normalized spacial score (nSPS) is 17.6. The lowest BCUT2D eigenvalue weighted by molar-refractivity contribution is -0.141. The SMILES string of the molecule is CN(CCCC#Cc1cccc2c1CN(C1CCC(=O)NC1=O)C2=O)C(=O)CCN(C(=O)C1CCCN1C(=O)C(NC(=O)c1cc2cc(C(F)(F)P(=O)(O)O)ccc2s1)C(C)(C)C)c1ccc2scnc2c1. The number of rotatable bonds is 14. The molecule has 0 spiro atoms. The number of hydrogen-bond acceptors (Lipinski definition) is 11. The number of aromatic nitrogens is 1. The Hall–Kier alpha value is -6.43. The summed E-state index contributed by atoms with van der Waals surface area (Å²) in [6, 6.07) is 12.2. The highest BCUT2D eigenvalue weighted by molar-refractivity contribution is 7.52. The minimum absolute atomic E-state index is 0.0170. The van der Waals surface area contributed by atoms with E-state index in [0.717, 1.165) is 33.7 Å². The van der Waals surface area contributed by atoms with Crippen molar-refractivity contribution < 1.29 is 56.7 Å². The Labute approximate surface area is 421 Å². The van der Waals surface area contributed by atoms with E-state index in [0.29, 0.717) is 59.3 Å². The molecule has 0 saturated carbocycles. The van der Waals surface area contributed by atoms with Crippen LogP contribution in [0.3, 0.4) is 0 Å². The quantitative estimate of drug-likeness (QED) is 0.0415. The second-order valence-corrected chi connectivity index (χ2v) is 22.7. The van der Waals surface area contributed by atoms with Crippen LogP contribution in [-0.2, 0) is 40.7 Å². The number of hydrogen-bond donors (Lipinski definition) is 4. The first-order valence-corrected chi connectivity index (χ1v) is 26.6. The van der Waals surface area contributed by atoms with Crippen LogP contribution in [0.5, 0.6) is 0 Å². The molecular weight excluding hydrogens is 992 g/mol. The molecule has 2 aromatic heterocycles. The Morgan fingerprint density at radius 3 is 2.51 bits per heavy atom. The molecule has 0 aliphatic carbocycles. The Balaban J connectivity index is 0.919. The maximum absolute atomic E-state index is 14.8. The van der Waals surface area contributed by atoms with E-state index >= 15 is 0 Å². The zero-order valence-corrected chi connectivity index (χ0v) is 42.3. The molecule has 0 bridgehead atoms. The minimum atomic E-state index is -5.84. The van der Waals surface area contributed by atoms with Crippen LogP contribution in [0.1, 0.15) is 102 Å². The molecule has 378 valence electrons. The number of carbonyl (C=O) groups is 7. The van der Waals surface area contributed by atoms with Gasteiger partial charge in [-0.1, -0.05) is 44.7 Å². The second kappa shape index (κ2) is 20.6. The number of unbranched alkanes of at least 4 members (excludes halogenated alkanes) is 1.